The average Bonchev–Trinajstić information content (AvgIpc) is 2.18. The second-order valence-electron chi connectivity index (χ2n) is 3.27. The van der Waals surface area contributed by atoms with Crippen molar-refractivity contribution in [1.82, 2.24) is 0 Å². The Bertz CT molecular complexity index is 336. The number of halogens is 1. The van der Waals surface area contributed by atoms with Crippen LogP contribution in [0, 0.1) is 12.7 Å². The number of nitrogens with two attached hydrogens (primary N) is 1. The second kappa shape index (κ2) is 4.86. The van der Waals surface area contributed by atoms with Crippen molar-refractivity contribution < 1.29 is 9.18 Å². The van der Waals surface area contributed by atoms with E-state index < -0.39 is 0 Å². The van der Waals surface area contributed by atoms with E-state index in [1.807, 2.05) is 0 Å². The van der Waals surface area contributed by atoms with Gasteiger partial charge in [0.15, 0.2) is 5.78 Å². The van der Waals surface area contributed by atoms with E-state index in [1.165, 1.54) is 12.1 Å². The van der Waals surface area contributed by atoms with Gasteiger partial charge >= 0.3 is 0 Å². The van der Waals surface area contributed by atoms with E-state index in [0.29, 0.717) is 24.9 Å². The number of Topliss-reactive ketones (excluding diaryl/α,β-unsaturated/α-hetero) is 1. The minimum absolute atomic E-state index is 0.0348. The zero-order chi connectivity index (χ0) is 10.6. The van der Waals surface area contributed by atoms with Crippen molar-refractivity contribution in [2.45, 2.75) is 19.8 Å². The van der Waals surface area contributed by atoms with Gasteiger partial charge in [-0.2, -0.15) is 0 Å². The number of hydrogen-bond donors (Lipinski definition) is 1. The van der Waals surface area contributed by atoms with E-state index in [-0.39, 0.29) is 11.6 Å². The maximum atomic E-state index is 12.9. The number of carbonyl (C=O) groups excluding carboxylic acids is 1. The van der Waals surface area contributed by atoms with Crippen LogP contribution in [0.15, 0.2) is 18.2 Å². The Morgan fingerprint density at radius 3 is 2.86 bits per heavy atom. The van der Waals surface area contributed by atoms with Crippen molar-refractivity contribution >= 4 is 5.78 Å². The van der Waals surface area contributed by atoms with Gasteiger partial charge in [0.1, 0.15) is 5.82 Å². The first-order valence-electron chi connectivity index (χ1n) is 4.64. The summed E-state index contributed by atoms with van der Waals surface area (Å²) in [6.07, 6.45) is 1.04. The van der Waals surface area contributed by atoms with Crippen molar-refractivity contribution in [3.63, 3.8) is 0 Å². The first-order chi connectivity index (χ1) is 6.65. The molecule has 0 aliphatic rings. The molecule has 0 saturated heterocycles. The van der Waals surface area contributed by atoms with Crippen LogP contribution in [0.25, 0.3) is 0 Å². The molecule has 2 N–H and O–H groups in total. The fourth-order valence-corrected chi connectivity index (χ4v) is 1.29. The molecule has 0 aliphatic heterocycles. The van der Waals surface area contributed by atoms with Gasteiger partial charge in [-0.3, -0.25) is 4.79 Å². The van der Waals surface area contributed by atoms with Crippen LogP contribution in [-0.4, -0.2) is 12.3 Å². The van der Waals surface area contributed by atoms with Crippen molar-refractivity contribution in [3.05, 3.63) is 35.1 Å². The van der Waals surface area contributed by atoms with Gasteiger partial charge in [-0.15, -0.1) is 0 Å². The Kier molecular flexibility index (Phi) is 3.77. The third-order valence-corrected chi connectivity index (χ3v) is 2.11. The van der Waals surface area contributed by atoms with E-state index >= 15 is 0 Å². The fourth-order valence-electron chi connectivity index (χ4n) is 1.29. The Balaban J connectivity index is 2.83. The molecule has 3 heteroatoms. The lowest BCUT2D eigenvalue weighted by Gasteiger charge is -2.04. The molecule has 1 aromatic carbocycles. The summed E-state index contributed by atoms with van der Waals surface area (Å²) >= 11 is 0. The summed E-state index contributed by atoms with van der Waals surface area (Å²) in [7, 11) is 0. The molecule has 0 radical (unpaired) electrons. The smallest absolute Gasteiger partial charge is 0.163 e. The standard InChI is InChI=1S/C11H14FNO/c1-8-4-5-9(12)7-10(8)11(14)3-2-6-13/h4-5,7H,2-3,6,13H2,1H3. The minimum Gasteiger partial charge on any atom is -0.330 e. The molecule has 0 bridgehead atoms. The SMILES string of the molecule is Cc1ccc(F)cc1C(=O)CCCN. The van der Waals surface area contributed by atoms with Gasteiger partial charge in [0, 0.05) is 12.0 Å². The van der Waals surface area contributed by atoms with E-state index in [9.17, 15) is 9.18 Å². The van der Waals surface area contributed by atoms with Gasteiger partial charge < -0.3 is 5.73 Å². The summed E-state index contributed by atoms with van der Waals surface area (Å²) < 4.78 is 12.9. The van der Waals surface area contributed by atoms with Gasteiger partial charge in [-0.1, -0.05) is 6.07 Å². The first kappa shape index (κ1) is 10.9. The normalized spacial score (nSPS) is 10.2. The van der Waals surface area contributed by atoms with Gasteiger partial charge in [-0.25, -0.2) is 4.39 Å². The topological polar surface area (TPSA) is 43.1 Å². The zero-order valence-electron chi connectivity index (χ0n) is 8.22. The lowest BCUT2D eigenvalue weighted by Crippen LogP contribution is -2.06. The van der Waals surface area contributed by atoms with Crippen molar-refractivity contribution in [1.29, 1.82) is 0 Å². The molecule has 2 nitrogen and oxygen atoms in total. The van der Waals surface area contributed by atoms with Crippen LogP contribution in [0.5, 0.6) is 0 Å². The highest BCUT2D eigenvalue weighted by Gasteiger charge is 2.09. The summed E-state index contributed by atoms with van der Waals surface area (Å²) in [6.45, 7) is 2.29. The van der Waals surface area contributed by atoms with Crippen LogP contribution in [0.4, 0.5) is 4.39 Å². The molecule has 0 unspecified atom stereocenters. The Morgan fingerprint density at radius 2 is 2.21 bits per heavy atom. The summed E-state index contributed by atoms with van der Waals surface area (Å²) in [5.41, 5.74) is 6.58. The van der Waals surface area contributed by atoms with Gasteiger partial charge in [-0.05, 0) is 37.6 Å². The number of hydrogen-bond acceptors (Lipinski definition) is 2. The van der Waals surface area contributed by atoms with Crippen molar-refractivity contribution in [2.75, 3.05) is 6.54 Å². The highest BCUT2D eigenvalue weighted by molar-refractivity contribution is 5.97. The molecule has 14 heavy (non-hydrogen) atoms. The van der Waals surface area contributed by atoms with Gasteiger partial charge in [0.2, 0.25) is 0 Å². The molecule has 0 fully saturated rings. The Morgan fingerprint density at radius 1 is 1.50 bits per heavy atom. The van der Waals surface area contributed by atoms with Gasteiger partial charge in [0.25, 0.3) is 0 Å². The summed E-state index contributed by atoms with van der Waals surface area (Å²) in [5.74, 6) is -0.404. The molecule has 0 atom stereocenters. The lowest BCUT2D eigenvalue weighted by molar-refractivity contribution is 0.0979. The highest BCUT2D eigenvalue weighted by atomic mass is 19.1. The molecule has 1 aromatic rings. The molecule has 0 spiro atoms. The first-order valence-corrected chi connectivity index (χ1v) is 4.64. The van der Waals surface area contributed by atoms with E-state index in [0.717, 1.165) is 5.56 Å². The predicted octanol–water partition coefficient (Wildman–Crippen LogP) is 2.06. The van der Waals surface area contributed by atoms with Crippen molar-refractivity contribution in [2.24, 2.45) is 5.73 Å². The van der Waals surface area contributed by atoms with Crippen molar-refractivity contribution in [3.8, 4) is 0 Å². The molecule has 0 aliphatic carbocycles. The van der Waals surface area contributed by atoms with Crippen LogP contribution >= 0.6 is 0 Å². The van der Waals surface area contributed by atoms with Crippen LogP contribution in [0.3, 0.4) is 0 Å². The number of rotatable bonds is 4. The van der Waals surface area contributed by atoms with Crippen LogP contribution in [0.2, 0.25) is 0 Å². The molecule has 0 saturated carbocycles. The number of aryl methyl sites for hydroxylation is 1. The quantitative estimate of drug-likeness (QED) is 0.747. The van der Waals surface area contributed by atoms with E-state index in [1.54, 1.807) is 13.0 Å². The zero-order valence-corrected chi connectivity index (χ0v) is 8.22. The van der Waals surface area contributed by atoms with Crippen LogP contribution in [0.1, 0.15) is 28.8 Å². The third kappa shape index (κ3) is 2.64. The van der Waals surface area contributed by atoms with Crippen LogP contribution < -0.4 is 5.73 Å². The highest BCUT2D eigenvalue weighted by Crippen LogP contribution is 2.13. The molecule has 0 amide bonds. The summed E-state index contributed by atoms with van der Waals surface area (Å²) in [6, 6.07) is 4.26. The number of benzene rings is 1. The van der Waals surface area contributed by atoms with E-state index in [2.05, 4.69) is 0 Å². The molecular weight excluding hydrogens is 181 g/mol. The summed E-state index contributed by atoms with van der Waals surface area (Å²) in [4.78, 5) is 11.6. The Hall–Kier alpha value is -1.22. The Labute approximate surface area is 82.9 Å². The molecule has 0 heterocycles. The largest absolute Gasteiger partial charge is 0.330 e. The lowest BCUT2D eigenvalue weighted by atomic mass is 10.0. The monoisotopic (exact) mass is 195 g/mol. The molecule has 1 rings (SSSR count). The third-order valence-electron chi connectivity index (χ3n) is 2.11. The summed E-state index contributed by atoms with van der Waals surface area (Å²) in [5, 5.41) is 0. The maximum absolute atomic E-state index is 12.9. The van der Waals surface area contributed by atoms with Gasteiger partial charge in [0.05, 0.1) is 0 Å². The molecule has 76 valence electrons. The predicted molar refractivity (Wildman–Crippen MR) is 53.8 cm³/mol. The number of ketones is 1. The molecular formula is C11H14FNO. The second-order valence-corrected chi connectivity index (χ2v) is 3.27. The fraction of sp³-hybridized carbons (Fsp3) is 0.364. The minimum atomic E-state index is -0.369. The maximum Gasteiger partial charge on any atom is 0.163 e. The average molecular weight is 195 g/mol. The molecule has 0 aromatic heterocycles. The van der Waals surface area contributed by atoms with Crippen LogP contribution in [-0.2, 0) is 0 Å². The van der Waals surface area contributed by atoms with E-state index in [4.69, 9.17) is 5.73 Å². The number of carbonyl (C=O) groups is 1.